The van der Waals surface area contributed by atoms with Gasteiger partial charge in [0.2, 0.25) is 0 Å². The number of pyridine rings is 1. The van der Waals surface area contributed by atoms with Crippen molar-refractivity contribution < 1.29 is 5.11 Å². The molecule has 18 heavy (non-hydrogen) atoms. The fourth-order valence-corrected chi connectivity index (χ4v) is 2.22. The van der Waals surface area contributed by atoms with Gasteiger partial charge in [-0.2, -0.15) is 0 Å². The maximum Gasteiger partial charge on any atom is 0.0808 e. The normalized spacial score (nSPS) is 12.4. The molecule has 1 N–H and O–H groups in total. The van der Waals surface area contributed by atoms with E-state index in [-0.39, 0.29) is 0 Å². The molecule has 1 aromatic carbocycles. The molecule has 2 rings (SSSR count). The van der Waals surface area contributed by atoms with Gasteiger partial charge in [-0.15, -0.1) is 0 Å². The molecule has 2 aromatic rings. The molecule has 0 aliphatic carbocycles. The summed E-state index contributed by atoms with van der Waals surface area (Å²) >= 11 is 12.0. The predicted molar refractivity (Wildman–Crippen MR) is 74.0 cm³/mol. The van der Waals surface area contributed by atoms with Gasteiger partial charge in [0.25, 0.3) is 0 Å². The Labute approximate surface area is 116 Å². The average Bonchev–Trinajstić information content (AvgIpc) is 2.40. The second kappa shape index (κ2) is 6.19. The van der Waals surface area contributed by atoms with Crippen LogP contribution in [0.25, 0.3) is 0 Å². The Balaban J connectivity index is 2.04. The highest BCUT2D eigenvalue weighted by atomic mass is 35.5. The monoisotopic (exact) mass is 281 g/mol. The first-order chi connectivity index (χ1) is 8.68. The van der Waals surface area contributed by atoms with Crippen molar-refractivity contribution in [2.75, 3.05) is 0 Å². The number of hydrogen-bond donors (Lipinski definition) is 1. The summed E-state index contributed by atoms with van der Waals surface area (Å²) in [5.41, 5.74) is 1.77. The zero-order valence-corrected chi connectivity index (χ0v) is 11.2. The summed E-state index contributed by atoms with van der Waals surface area (Å²) in [5, 5.41) is 11.0. The molecule has 0 bridgehead atoms. The molecule has 94 valence electrons. The molecule has 1 heterocycles. The van der Waals surface area contributed by atoms with Crippen LogP contribution >= 0.6 is 23.2 Å². The zero-order valence-electron chi connectivity index (χ0n) is 9.68. The van der Waals surface area contributed by atoms with Crippen LogP contribution in [0.15, 0.2) is 42.7 Å². The van der Waals surface area contributed by atoms with E-state index >= 15 is 0 Å². The van der Waals surface area contributed by atoms with Crippen molar-refractivity contribution in [1.29, 1.82) is 0 Å². The molecule has 0 radical (unpaired) electrons. The van der Waals surface area contributed by atoms with Crippen LogP contribution in [0.3, 0.4) is 0 Å². The van der Waals surface area contributed by atoms with Crippen molar-refractivity contribution in [3.63, 3.8) is 0 Å². The summed E-state index contributed by atoms with van der Waals surface area (Å²) in [6.07, 6.45) is 4.25. The van der Waals surface area contributed by atoms with Crippen molar-refractivity contribution in [2.45, 2.75) is 18.9 Å². The lowest BCUT2D eigenvalue weighted by Crippen LogP contribution is -2.01. The van der Waals surface area contributed by atoms with E-state index in [0.717, 1.165) is 12.0 Å². The van der Waals surface area contributed by atoms with E-state index in [0.29, 0.717) is 22.0 Å². The highest BCUT2D eigenvalue weighted by molar-refractivity contribution is 6.42. The Hall–Kier alpha value is -1.09. The lowest BCUT2D eigenvalue weighted by molar-refractivity contribution is 0.168. The Morgan fingerprint density at radius 1 is 1.17 bits per heavy atom. The van der Waals surface area contributed by atoms with Crippen LogP contribution < -0.4 is 0 Å². The largest absolute Gasteiger partial charge is 0.388 e. The maximum absolute atomic E-state index is 10.1. The number of aliphatic hydroxyl groups excluding tert-OH is 1. The molecule has 2 nitrogen and oxygen atoms in total. The lowest BCUT2D eigenvalue weighted by atomic mass is 10.0. The van der Waals surface area contributed by atoms with E-state index in [1.807, 2.05) is 12.1 Å². The van der Waals surface area contributed by atoms with Crippen molar-refractivity contribution in [3.8, 4) is 0 Å². The Bertz CT molecular complexity index is 516. The first kappa shape index (κ1) is 13.3. The lowest BCUT2D eigenvalue weighted by Gasteiger charge is -2.13. The third kappa shape index (κ3) is 3.22. The number of halogens is 2. The van der Waals surface area contributed by atoms with Gasteiger partial charge in [-0.05, 0) is 30.5 Å². The summed E-state index contributed by atoms with van der Waals surface area (Å²) in [6.45, 7) is 0. The van der Waals surface area contributed by atoms with Crippen LogP contribution in [0, 0.1) is 0 Å². The minimum atomic E-state index is -0.614. The molecular formula is C14H13Cl2NO. The highest BCUT2D eigenvalue weighted by Crippen LogP contribution is 2.31. The fourth-order valence-electron chi connectivity index (χ4n) is 1.78. The molecule has 0 saturated carbocycles. The standard InChI is InChI=1S/C14H13Cl2NO/c15-12-5-1-4-11(14(12)16)13(18)7-6-10-3-2-8-17-9-10/h1-5,8-9,13,18H,6-7H2. The van der Waals surface area contributed by atoms with Gasteiger partial charge in [0.1, 0.15) is 0 Å². The van der Waals surface area contributed by atoms with E-state index in [4.69, 9.17) is 23.2 Å². The topological polar surface area (TPSA) is 33.1 Å². The summed E-state index contributed by atoms with van der Waals surface area (Å²) in [6, 6.07) is 9.16. The van der Waals surface area contributed by atoms with Crippen LogP contribution in [-0.2, 0) is 6.42 Å². The molecule has 0 aliphatic rings. The zero-order chi connectivity index (χ0) is 13.0. The van der Waals surface area contributed by atoms with Crippen LogP contribution in [0.5, 0.6) is 0 Å². The minimum Gasteiger partial charge on any atom is -0.388 e. The highest BCUT2D eigenvalue weighted by Gasteiger charge is 2.13. The molecule has 1 unspecified atom stereocenters. The first-order valence-electron chi connectivity index (χ1n) is 5.69. The van der Waals surface area contributed by atoms with E-state index in [1.165, 1.54) is 0 Å². The van der Waals surface area contributed by atoms with Crippen LogP contribution in [0.1, 0.15) is 23.7 Å². The van der Waals surface area contributed by atoms with Gasteiger partial charge in [-0.3, -0.25) is 4.98 Å². The van der Waals surface area contributed by atoms with Gasteiger partial charge in [-0.25, -0.2) is 0 Å². The molecule has 0 spiro atoms. The summed E-state index contributed by atoms with van der Waals surface area (Å²) < 4.78 is 0. The molecule has 0 saturated heterocycles. The smallest absolute Gasteiger partial charge is 0.0808 e. The van der Waals surface area contributed by atoms with Crippen LogP contribution in [0.4, 0.5) is 0 Å². The first-order valence-corrected chi connectivity index (χ1v) is 6.45. The number of aromatic nitrogens is 1. The van der Waals surface area contributed by atoms with Crippen LogP contribution in [-0.4, -0.2) is 10.1 Å². The summed E-state index contributed by atoms with van der Waals surface area (Å²) in [5.74, 6) is 0. The fraction of sp³-hybridized carbons (Fsp3) is 0.214. The number of aryl methyl sites for hydroxylation is 1. The molecule has 0 amide bonds. The third-order valence-electron chi connectivity index (χ3n) is 2.77. The van der Waals surface area contributed by atoms with Gasteiger partial charge in [-0.1, -0.05) is 41.4 Å². The molecule has 0 aliphatic heterocycles. The van der Waals surface area contributed by atoms with Crippen molar-refractivity contribution in [1.82, 2.24) is 4.98 Å². The maximum atomic E-state index is 10.1. The average molecular weight is 282 g/mol. The quantitative estimate of drug-likeness (QED) is 0.917. The number of nitrogens with zero attached hydrogens (tertiary/aromatic N) is 1. The van der Waals surface area contributed by atoms with Gasteiger partial charge < -0.3 is 5.11 Å². The van der Waals surface area contributed by atoms with Crippen molar-refractivity contribution in [3.05, 3.63) is 63.9 Å². The molecule has 4 heteroatoms. The number of rotatable bonds is 4. The molecule has 1 aromatic heterocycles. The predicted octanol–water partition coefficient (Wildman–Crippen LogP) is 4.05. The summed E-state index contributed by atoms with van der Waals surface area (Å²) in [4.78, 5) is 4.04. The number of aliphatic hydroxyl groups is 1. The van der Waals surface area contributed by atoms with Gasteiger partial charge in [0.15, 0.2) is 0 Å². The minimum absolute atomic E-state index is 0.429. The van der Waals surface area contributed by atoms with Crippen molar-refractivity contribution >= 4 is 23.2 Å². The molecule has 1 atom stereocenters. The van der Waals surface area contributed by atoms with Crippen LogP contribution in [0.2, 0.25) is 10.0 Å². The molecular weight excluding hydrogens is 269 g/mol. The molecule has 0 fully saturated rings. The Morgan fingerprint density at radius 3 is 2.72 bits per heavy atom. The third-order valence-corrected chi connectivity index (χ3v) is 3.60. The van der Waals surface area contributed by atoms with Crippen molar-refractivity contribution in [2.24, 2.45) is 0 Å². The van der Waals surface area contributed by atoms with Gasteiger partial charge in [0, 0.05) is 18.0 Å². The Kier molecular flexibility index (Phi) is 4.59. The second-order valence-electron chi connectivity index (χ2n) is 4.06. The van der Waals surface area contributed by atoms with E-state index < -0.39 is 6.10 Å². The van der Waals surface area contributed by atoms with Gasteiger partial charge in [0.05, 0.1) is 16.1 Å². The number of benzene rings is 1. The Morgan fingerprint density at radius 2 is 2.00 bits per heavy atom. The van der Waals surface area contributed by atoms with E-state index in [2.05, 4.69) is 4.98 Å². The van der Waals surface area contributed by atoms with E-state index in [1.54, 1.807) is 30.6 Å². The van der Waals surface area contributed by atoms with Gasteiger partial charge >= 0.3 is 0 Å². The summed E-state index contributed by atoms with van der Waals surface area (Å²) in [7, 11) is 0. The second-order valence-corrected chi connectivity index (χ2v) is 4.84. The van der Waals surface area contributed by atoms with E-state index in [9.17, 15) is 5.11 Å². The SMILES string of the molecule is OC(CCc1cccnc1)c1cccc(Cl)c1Cl. The number of hydrogen-bond acceptors (Lipinski definition) is 2.